The average molecular weight is 231 g/mol. The molecule has 15 heavy (non-hydrogen) atoms. The molecule has 0 bridgehead atoms. The number of hydrogen-bond donors (Lipinski definition) is 1. The minimum absolute atomic E-state index is 0.651. The predicted molar refractivity (Wildman–Crippen MR) is 68.6 cm³/mol. The first kappa shape index (κ1) is 13.3. The topological polar surface area (TPSA) is 21.3 Å². The Morgan fingerprint density at radius 3 is 2.60 bits per heavy atom. The Balaban J connectivity index is 2.13. The Kier molecular flexibility index (Phi) is 6.69. The molecule has 1 N–H and O–H groups in total. The normalized spacial score (nSPS) is 22.6. The summed E-state index contributed by atoms with van der Waals surface area (Å²) < 4.78 is 5.38. The van der Waals surface area contributed by atoms with E-state index in [-0.39, 0.29) is 0 Å². The zero-order chi connectivity index (χ0) is 11.1. The number of thioether (sulfide) groups is 1. The van der Waals surface area contributed by atoms with Crippen molar-refractivity contribution < 1.29 is 4.74 Å². The molecule has 90 valence electrons. The summed E-state index contributed by atoms with van der Waals surface area (Å²) in [4.78, 5) is 0. The van der Waals surface area contributed by atoms with Crippen LogP contribution in [-0.2, 0) is 4.74 Å². The van der Waals surface area contributed by atoms with E-state index in [1.165, 1.54) is 18.6 Å². The summed E-state index contributed by atoms with van der Waals surface area (Å²) in [6.07, 6.45) is 4.63. The van der Waals surface area contributed by atoms with Crippen molar-refractivity contribution in [1.29, 1.82) is 0 Å². The Morgan fingerprint density at radius 2 is 2.00 bits per heavy atom. The fraction of sp³-hybridized carbons (Fsp3) is 1.00. The zero-order valence-electron chi connectivity index (χ0n) is 10.3. The second-order valence-corrected chi connectivity index (χ2v) is 5.62. The van der Waals surface area contributed by atoms with Crippen molar-refractivity contribution in [2.75, 3.05) is 31.8 Å². The van der Waals surface area contributed by atoms with Crippen LogP contribution in [0.1, 0.15) is 26.7 Å². The molecule has 2 unspecified atom stereocenters. The van der Waals surface area contributed by atoms with Gasteiger partial charge in [0, 0.05) is 19.3 Å². The smallest absolute Gasteiger partial charge is 0.0469 e. The molecule has 1 saturated heterocycles. The second-order valence-electron chi connectivity index (χ2n) is 4.71. The summed E-state index contributed by atoms with van der Waals surface area (Å²) in [5.41, 5.74) is 0. The fourth-order valence-corrected chi connectivity index (χ4v) is 2.80. The van der Waals surface area contributed by atoms with Gasteiger partial charge in [-0.3, -0.25) is 0 Å². The van der Waals surface area contributed by atoms with E-state index >= 15 is 0 Å². The minimum atomic E-state index is 0.651. The molecule has 1 rings (SSSR count). The first-order valence-corrected chi connectivity index (χ1v) is 7.43. The van der Waals surface area contributed by atoms with E-state index in [9.17, 15) is 0 Å². The summed E-state index contributed by atoms with van der Waals surface area (Å²) >= 11 is 1.94. The highest BCUT2D eigenvalue weighted by atomic mass is 32.2. The van der Waals surface area contributed by atoms with Gasteiger partial charge >= 0.3 is 0 Å². The number of rotatable bonds is 6. The van der Waals surface area contributed by atoms with Crippen molar-refractivity contribution in [2.45, 2.75) is 32.7 Å². The maximum Gasteiger partial charge on any atom is 0.0469 e. The van der Waals surface area contributed by atoms with Gasteiger partial charge in [0.2, 0.25) is 0 Å². The first-order chi connectivity index (χ1) is 7.24. The van der Waals surface area contributed by atoms with Gasteiger partial charge in [0.15, 0.2) is 0 Å². The van der Waals surface area contributed by atoms with Crippen molar-refractivity contribution in [1.82, 2.24) is 5.32 Å². The lowest BCUT2D eigenvalue weighted by atomic mass is 9.93. The second kappa shape index (κ2) is 7.53. The van der Waals surface area contributed by atoms with Crippen molar-refractivity contribution >= 4 is 11.8 Å². The molecular formula is C12H25NOS. The van der Waals surface area contributed by atoms with Crippen LogP contribution >= 0.6 is 11.8 Å². The lowest BCUT2D eigenvalue weighted by Crippen LogP contribution is -2.39. The SMILES string of the molecule is CSCC(C)CNC(C)C1CCOCC1. The van der Waals surface area contributed by atoms with E-state index in [1.54, 1.807) is 0 Å². The van der Waals surface area contributed by atoms with Crippen molar-refractivity contribution in [3.05, 3.63) is 0 Å². The molecule has 0 aromatic heterocycles. The van der Waals surface area contributed by atoms with Gasteiger partial charge in [-0.2, -0.15) is 11.8 Å². The molecule has 3 heteroatoms. The maximum absolute atomic E-state index is 5.38. The molecule has 0 aromatic rings. The summed E-state index contributed by atoms with van der Waals surface area (Å²) in [5, 5.41) is 3.67. The van der Waals surface area contributed by atoms with Crippen LogP contribution < -0.4 is 5.32 Å². The quantitative estimate of drug-likeness (QED) is 0.758. The standard InChI is InChI=1S/C12H25NOS/c1-10(9-15-3)8-13-11(2)12-4-6-14-7-5-12/h10-13H,4-9H2,1-3H3. The van der Waals surface area contributed by atoms with Crippen LogP contribution in [0.25, 0.3) is 0 Å². The van der Waals surface area contributed by atoms with Crippen LogP contribution in [-0.4, -0.2) is 37.8 Å². The summed E-state index contributed by atoms with van der Waals surface area (Å²) in [6.45, 7) is 7.70. The number of nitrogens with one attached hydrogen (secondary N) is 1. The molecule has 0 aliphatic carbocycles. The third kappa shape index (κ3) is 5.23. The van der Waals surface area contributed by atoms with E-state index in [4.69, 9.17) is 4.74 Å². The average Bonchev–Trinajstić information content (AvgIpc) is 2.27. The Morgan fingerprint density at radius 1 is 1.33 bits per heavy atom. The van der Waals surface area contributed by atoms with Gasteiger partial charge < -0.3 is 10.1 Å². The van der Waals surface area contributed by atoms with Gasteiger partial charge in [-0.05, 0) is 50.2 Å². The van der Waals surface area contributed by atoms with Crippen molar-refractivity contribution in [3.8, 4) is 0 Å². The third-order valence-electron chi connectivity index (χ3n) is 3.21. The van der Waals surface area contributed by atoms with Crippen LogP contribution in [0.2, 0.25) is 0 Å². The van der Waals surface area contributed by atoms with E-state index in [1.807, 2.05) is 11.8 Å². The van der Waals surface area contributed by atoms with E-state index < -0.39 is 0 Å². The highest BCUT2D eigenvalue weighted by Crippen LogP contribution is 2.18. The van der Waals surface area contributed by atoms with Gasteiger partial charge in [-0.1, -0.05) is 6.92 Å². The van der Waals surface area contributed by atoms with Gasteiger partial charge in [0.25, 0.3) is 0 Å². The van der Waals surface area contributed by atoms with E-state index in [0.29, 0.717) is 6.04 Å². The molecule has 1 fully saturated rings. The first-order valence-electron chi connectivity index (χ1n) is 6.04. The Bertz CT molecular complexity index is 160. The van der Waals surface area contributed by atoms with Gasteiger partial charge in [0.05, 0.1) is 0 Å². The van der Waals surface area contributed by atoms with Crippen LogP contribution in [0.15, 0.2) is 0 Å². The van der Waals surface area contributed by atoms with E-state index in [0.717, 1.165) is 31.6 Å². The number of hydrogen-bond acceptors (Lipinski definition) is 3. The molecule has 0 amide bonds. The predicted octanol–water partition coefficient (Wildman–Crippen LogP) is 2.39. The molecule has 0 aromatic carbocycles. The largest absolute Gasteiger partial charge is 0.381 e. The highest BCUT2D eigenvalue weighted by Gasteiger charge is 2.20. The van der Waals surface area contributed by atoms with Crippen LogP contribution in [0.4, 0.5) is 0 Å². The molecule has 2 nitrogen and oxygen atoms in total. The van der Waals surface area contributed by atoms with Crippen LogP contribution in [0.3, 0.4) is 0 Å². The summed E-state index contributed by atoms with van der Waals surface area (Å²) in [5.74, 6) is 2.86. The molecule has 2 atom stereocenters. The van der Waals surface area contributed by atoms with Crippen molar-refractivity contribution in [3.63, 3.8) is 0 Å². The van der Waals surface area contributed by atoms with Crippen LogP contribution in [0, 0.1) is 11.8 Å². The molecule has 1 heterocycles. The molecule has 0 spiro atoms. The maximum atomic E-state index is 5.38. The molecule has 1 aliphatic heterocycles. The molecule has 0 radical (unpaired) electrons. The molecule has 0 saturated carbocycles. The molecular weight excluding hydrogens is 206 g/mol. The van der Waals surface area contributed by atoms with E-state index in [2.05, 4.69) is 25.4 Å². The lowest BCUT2D eigenvalue weighted by molar-refractivity contribution is 0.0557. The minimum Gasteiger partial charge on any atom is -0.381 e. The Labute approximate surface area is 98.5 Å². The van der Waals surface area contributed by atoms with Crippen LogP contribution in [0.5, 0.6) is 0 Å². The van der Waals surface area contributed by atoms with Gasteiger partial charge in [-0.15, -0.1) is 0 Å². The van der Waals surface area contributed by atoms with Gasteiger partial charge in [-0.25, -0.2) is 0 Å². The fourth-order valence-electron chi connectivity index (χ4n) is 2.11. The Hall–Kier alpha value is 0.270. The van der Waals surface area contributed by atoms with Gasteiger partial charge in [0.1, 0.15) is 0 Å². The summed E-state index contributed by atoms with van der Waals surface area (Å²) in [6, 6.07) is 0.651. The third-order valence-corrected chi connectivity index (χ3v) is 4.11. The summed E-state index contributed by atoms with van der Waals surface area (Å²) in [7, 11) is 0. The highest BCUT2D eigenvalue weighted by molar-refractivity contribution is 7.98. The molecule has 1 aliphatic rings. The van der Waals surface area contributed by atoms with Crippen molar-refractivity contribution in [2.24, 2.45) is 11.8 Å². The lowest BCUT2D eigenvalue weighted by Gasteiger charge is -2.29. The zero-order valence-corrected chi connectivity index (χ0v) is 11.1. The monoisotopic (exact) mass is 231 g/mol. The number of ether oxygens (including phenoxy) is 1.